The molecule has 0 atom stereocenters. The summed E-state index contributed by atoms with van der Waals surface area (Å²) in [7, 11) is 3.97. The van der Waals surface area contributed by atoms with E-state index in [1.807, 2.05) is 37.4 Å². The molecule has 0 aliphatic carbocycles. The zero-order chi connectivity index (χ0) is 10.8. The van der Waals surface area contributed by atoms with Gasteiger partial charge in [-0.2, -0.15) is 5.10 Å². The molecule has 0 radical (unpaired) electrons. The zero-order valence-corrected chi connectivity index (χ0v) is 9.95. The lowest BCUT2D eigenvalue weighted by Gasteiger charge is -2.13. The first-order chi connectivity index (χ1) is 7.15. The molecule has 0 aliphatic heterocycles. The van der Waals surface area contributed by atoms with Gasteiger partial charge in [0.25, 0.3) is 0 Å². The summed E-state index contributed by atoms with van der Waals surface area (Å²) >= 11 is 1.71. The minimum atomic E-state index is 0.848. The van der Waals surface area contributed by atoms with Crippen LogP contribution < -0.4 is 4.90 Å². The largest absolute Gasteiger partial charge is 0.347 e. The molecule has 80 valence electrons. The normalized spacial score (nSPS) is 10.6. The fraction of sp³-hybridized carbons (Fsp3) is 0.400. The molecule has 0 aromatic carbocycles. The number of nitrogens with zero attached hydrogens (tertiary/aromatic N) is 4. The molecule has 0 aliphatic rings. The molecule has 0 amide bonds. The fourth-order valence-corrected chi connectivity index (χ4v) is 2.13. The topological polar surface area (TPSA) is 34.0 Å². The molecule has 2 aromatic heterocycles. The Labute approximate surface area is 93.2 Å². The third-order valence-corrected chi connectivity index (χ3v) is 3.14. The number of hydrogen-bond donors (Lipinski definition) is 0. The van der Waals surface area contributed by atoms with Gasteiger partial charge in [-0.1, -0.05) is 0 Å². The molecule has 0 fully saturated rings. The van der Waals surface area contributed by atoms with Crippen LogP contribution in [-0.4, -0.2) is 21.8 Å². The minimum absolute atomic E-state index is 0.848. The van der Waals surface area contributed by atoms with Crippen LogP contribution in [0.3, 0.4) is 0 Å². The van der Waals surface area contributed by atoms with E-state index in [0.29, 0.717) is 0 Å². The van der Waals surface area contributed by atoms with Crippen molar-refractivity contribution in [2.24, 2.45) is 7.05 Å². The average Bonchev–Trinajstić information content (AvgIpc) is 2.75. The molecule has 2 rings (SSSR count). The fourth-order valence-electron chi connectivity index (χ4n) is 1.41. The molecule has 0 bridgehead atoms. The van der Waals surface area contributed by atoms with Crippen LogP contribution in [0.5, 0.6) is 0 Å². The number of aromatic nitrogens is 3. The van der Waals surface area contributed by atoms with Crippen LogP contribution in [-0.2, 0) is 13.6 Å². The third kappa shape index (κ3) is 2.36. The molecule has 5 heteroatoms. The van der Waals surface area contributed by atoms with Gasteiger partial charge in [-0.25, -0.2) is 4.98 Å². The van der Waals surface area contributed by atoms with Crippen LogP contribution in [0.25, 0.3) is 0 Å². The van der Waals surface area contributed by atoms with Crippen LogP contribution in [0.2, 0.25) is 0 Å². The number of aryl methyl sites for hydroxylation is 2. The van der Waals surface area contributed by atoms with Gasteiger partial charge in [-0.05, 0) is 6.92 Å². The third-order valence-electron chi connectivity index (χ3n) is 2.11. The van der Waals surface area contributed by atoms with E-state index in [0.717, 1.165) is 11.7 Å². The molecule has 4 nitrogen and oxygen atoms in total. The van der Waals surface area contributed by atoms with Gasteiger partial charge in [0.2, 0.25) is 0 Å². The second kappa shape index (κ2) is 4.02. The monoisotopic (exact) mass is 222 g/mol. The summed E-state index contributed by atoms with van der Waals surface area (Å²) in [6.45, 7) is 2.92. The summed E-state index contributed by atoms with van der Waals surface area (Å²) in [5.74, 6) is 0. The standard InChI is InChI=1S/C10H14N4S/c1-8-4-11-10(15-8)13(2)6-9-5-12-14(3)7-9/h4-5,7H,6H2,1-3H3. The molecule has 2 heterocycles. The number of hydrogen-bond acceptors (Lipinski definition) is 4. The summed E-state index contributed by atoms with van der Waals surface area (Å²) in [5, 5.41) is 5.19. The molecular formula is C10H14N4S. The Balaban J connectivity index is 2.06. The Morgan fingerprint density at radius 1 is 1.47 bits per heavy atom. The number of anilines is 1. The van der Waals surface area contributed by atoms with Crippen LogP contribution in [0.1, 0.15) is 10.4 Å². The maximum Gasteiger partial charge on any atom is 0.185 e. The molecule has 0 saturated heterocycles. The summed E-state index contributed by atoms with van der Waals surface area (Å²) in [4.78, 5) is 7.71. The molecular weight excluding hydrogens is 208 g/mol. The minimum Gasteiger partial charge on any atom is -0.347 e. The Kier molecular flexibility index (Phi) is 2.73. The van der Waals surface area contributed by atoms with Crippen molar-refractivity contribution >= 4 is 16.5 Å². The van der Waals surface area contributed by atoms with E-state index < -0.39 is 0 Å². The Hall–Kier alpha value is -1.36. The SMILES string of the molecule is Cc1cnc(N(C)Cc2cnn(C)c2)s1. The average molecular weight is 222 g/mol. The van der Waals surface area contributed by atoms with Crippen LogP contribution >= 0.6 is 11.3 Å². The maximum absolute atomic E-state index is 4.34. The lowest BCUT2D eigenvalue weighted by atomic mass is 10.3. The van der Waals surface area contributed by atoms with Crippen molar-refractivity contribution in [3.8, 4) is 0 Å². The van der Waals surface area contributed by atoms with E-state index in [9.17, 15) is 0 Å². The lowest BCUT2D eigenvalue weighted by Crippen LogP contribution is -2.15. The highest BCUT2D eigenvalue weighted by Crippen LogP contribution is 2.21. The Morgan fingerprint density at radius 3 is 2.80 bits per heavy atom. The van der Waals surface area contributed by atoms with Crippen molar-refractivity contribution in [3.63, 3.8) is 0 Å². The van der Waals surface area contributed by atoms with Crippen LogP contribution in [0, 0.1) is 6.92 Å². The van der Waals surface area contributed by atoms with Gasteiger partial charge >= 0.3 is 0 Å². The smallest absolute Gasteiger partial charge is 0.185 e. The van der Waals surface area contributed by atoms with Crippen molar-refractivity contribution in [2.45, 2.75) is 13.5 Å². The first-order valence-corrected chi connectivity index (χ1v) is 5.58. The second-order valence-corrected chi connectivity index (χ2v) is 4.85. The highest BCUT2D eigenvalue weighted by Gasteiger charge is 2.06. The van der Waals surface area contributed by atoms with Crippen molar-refractivity contribution in [1.82, 2.24) is 14.8 Å². The van der Waals surface area contributed by atoms with Gasteiger partial charge in [0.05, 0.1) is 6.20 Å². The predicted octanol–water partition coefficient (Wildman–Crippen LogP) is 1.82. The van der Waals surface area contributed by atoms with E-state index in [-0.39, 0.29) is 0 Å². The highest BCUT2D eigenvalue weighted by molar-refractivity contribution is 7.15. The van der Waals surface area contributed by atoms with Gasteiger partial charge in [0.15, 0.2) is 5.13 Å². The molecule has 15 heavy (non-hydrogen) atoms. The van der Waals surface area contributed by atoms with Crippen molar-refractivity contribution in [1.29, 1.82) is 0 Å². The molecule has 0 saturated carbocycles. The lowest BCUT2D eigenvalue weighted by molar-refractivity contribution is 0.766. The first-order valence-electron chi connectivity index (χ1n) is 4.76. The van der Waals surface area contributed by atoms with E-state index in [2.05, 4.69) is 21.9 Å². The van der Waals surface area contributed by atoms with Gasteiger partial charge in [-0.3, -0.25) is 4.68 Å². The van der Waals surface area contributed by atoms with Gasteiger partial charge < -0.3 is 4.90 Å². The van der Waals surface area contributed by atoms with E-state index in [1.54, 1.807) is 11.3 Å². The molecule has 2 aromatic rings. The van der Waals surface area contributed by atoms with E-state index in [1.165, 1.54) is 10.4 Å². The van der Waals surface area contributed by atoms with Gasteiger partial charge in [-0.15, -0.1) is 11.3 Å². The van der Waals surface area contributed by atoms with Crippen molar-refractivity contribution in [3.05, 3.63) is 29.0 Å². The van der Waals surface area contributed by atoms with Gasteiger partial charge in [0.1, 0.15) is 0 Å². The second-order valence-electron chi connectivity index (χ2n) is 3.63. The number of thiazole rings is 1. The van der Waals surface area contributed by atoms with Gasteiger partial charge in [0, 0.05) is 43.5 Å². The first kappa shape index (κ1) is 10.2. The van der Waals surface area contributed by atoms with Crippen molar-refractivity contribution < 1.29 is 0 Å². The Morgan fingerprint density at radius 2 is 2.27 bits per heavy atom. The Bertz CT molecular complexity index is 446. The summed E-state index contributed by atoms with van der Waals surface area (Å²) < 4.78 is 1.82. The maximum atomic E-state index is 4.34. The summed E-state index contributed by atoms with van der Waals surface area (Å²) in [6, 6.07) is 0. The van der Waals surface area contributed by atoms with E-state index >= 15 is 0 Å². The zero-order valence-electron chi connectivity index (χ0n) is 9.14. The highest BCUT2D eigenvalue weighted by atomic mass is 32.1. The number of rotatable bonds is 3. The van der Waals surface area contributed by atoms with Crippen molar-refractivity contribution in [2.75, 3.05) is 11.9 Å². The van der Waals surface area contributed by atoms with Crippen LogP contribution in [0.4, 0.5) is 5.13 Å². The summed E-state index contributed by atoms with van der Waals surface area (Å²) in [6.07, 6.45) is 5.81. The quantitative estimate of drug-likeness (QED) is 0.794. The molecule has 0 spiro atoms. The van der Waals surface area contributed by atoms with E-state index in [4.69, 9.17) is 0 Å². The summed E-state index contributed by atoms with van der Waals surface area (Å²) in [5.41, 5.74) is 1.20. The predicted molar refractivity (Wildman–Crippen MR) is 62.2 cm³/mol. The van der Waals surface area contributed by atoms with Crippen LogP contribution in [0.15, 0.2) is 18.6 Å². The molecule has 0 unspecified atom stereocenters. The molecule has 0 N–H and O–H groups in total.